The van der Waals surface area contributed by atoms with Gasteiger partial charge in [-0.05, 0) is 24.6 Å². The Morgan fingerprint density at radius 1 is 1.19 bits per heavy atom. The van der Waals surface area contributed by atoms with Gasteiger partial charge in [0.05, 0.1) is 28.5 Å². The lowest BCUT2D eigenvalue weighted by Crippen LogP contribution is -2.36. The van der Waals surface area contributed by atoms with E-state index >= 15 is 0 Å². The first-order valence-electron chi connectivity index (χ1n) is 11.3. The van der Waals surface area contributed by atoms with Gasteiger partial charge in [-0.2, -0.15) is 0 Å². The molecule has 0 unspecified atom stereocenters. The number of nitrogens with zero attached hydrogens (tertiary/aromatic N) is 3. The molecule has 0 bridgehead atoms. The molecular weight excluding hydrogens is 504 g/mol. The van der Waals surface area contributed by atoms with Crippen LogP contribution < -0.4 is 15.5 Å². The number of benzene rings is 2. The topological polar surface area (TPSA) is 70.2 Å². The van der Waals surface area contributed by atoms with Gasteiger partial charge in [-0.3, -0.25) is 4.79 Å². The highest BCUT2D eigenvalue weighted by Gasteiger charge is 2.26. The number of amides is 1. The van der Waals surface area contributed by atoms with Gasteiger partial charge >= 0.3 is 0 Å². The Morgan fingerprint density at radius 2 is 1.97 bits per heavy atom. The van der Waals surface area contributed by atoms with E-state index in [4.69, 9.17) is 11.6 Å². The maximum atomic E-state index is 14.5. The van der Waals surface area contributed by atoms with Crippen molar-refractivity contribution in [2.45, 2.75) is 20.0 Å². The molecule has 184 valence electrons. The smallest absolute Gasteiger partial charge is 0.253 e. The first-order valence-corrected chi connectivity index (χ1v) is 12.6. The van der Waals surface area contributed by atoms with Crippen LogP contribution in [-0.4, -0.2) is 29.0 Å². The molecule has 6 nitrogen and oxygen atoms in total. The molecule has 2 aromatic carbocycles. The fourth-order valence-corrected chi connectivity index (χ4v) is 5.23. The van der Waals surface area contributed by atoms with Gasteiger partial charge in [0.25, 0.3) is 5.91 Å². The summed E-state index contributed by atoms with van der Waals surface area (Å²) in [5.41, 5.74) is 3.59. The lowest BCUT2D eigenvalue weighted by atomic mass is 10.1. The zero-order chi connectivity index (χ0) is 25.2. The first kappa shape index (κ1) is 24.1. The van der Waals surface area contributed by atoms with E-state index in [1.165, 1.54) is 17.5 Å². The number of aromatic nitrogens is 2. The number of halogens is 3. The van der Waals surface area contributed by atoms with Gasteiger partial charge in [-0.25, -0.2) is 18.7 Å². The maximum Gasteiger partial charge on any atom is 0.253 e. The SMILES string of the molecule is Cc1c(C(=O)NCc2csc(-c3ccccc3)n2)cnc2c1N(Cc1c(F)ccc(F)c1Cl)CCN2. The zero-order valence-corrected chi connectivity index (χ0v) is 20.9. The predicted octanol–water partition coefficient (Wildman–Crippen LogP) is 5.81. The maximum absolute atomic E-state index is 14.5. The molecule has 0 radical (unpaired) electrons. The van der Waals surface area contributed by atoms with Crippen LogP contribution in [0, 0.1) is 18.6 Å². The number of hydrogen-bond acceptors (Lipinski definition) is 6. The van der Waals surface area contributed by atoms with Crippen LogP contribution in [0.3, 0.4) is 0 Å². The number of hydrogen-bond donors (Lipinski definition) is 2. The molecule has 2 N–H and O–H groups in total. The van der Waals surface area contributed by atoms with Crippen LogP contribution in [0.2, 0.25) is 5.02 Å². The van der Waals surface area contributed by atoms with Gasteiger partial charge in [0.2, 0.25) is 0 Å². The van der Waals surface area contributed by atoms with E-state index in [1.54, 1.807) is 0 Å². The summed E-state index contributed by atoms with van der Waals surface area (Å²) in [6, 6.07) is 11.9. The molecule has 36 heavy (non-hydrogen) atoms. The van der Waals surface area contributed by atoms with E-state index < -0.39 is 11.6 Å². The van der Waals surface area contributed by atoms with Crippen LogP contribution in [0.15, 0.2) is 54.0 Å². The van der Waals surface area contributed by atoms with Crippen LogP contribution in [0.5, 0.6) is 0 Å². The first-order chi connectivity index (χ1) is 17.4. The highest BCUT2D eigenvalue weighted by molar-refractivity contribution is 7.13. The summed E-state index contributed by atoms with van der Waals surface area (Å²) in [4.78, 5) is 24.0. The van der Waals surface area contributed by atoms with Gasteiger partial charge in [0.1, 0.15) is 22.5 Å². The minimum absolute atomic E-state index is 0.0474. The largest absolute Gasteiger partial charge is 0.367 e. The summed E-state index contributed by atoms with van der Waals surface area (Å²) in [6.07, 6.45) is 1.52. The molecule has 0 aliphatic carbocycles. The third-order valence-corrected chi connectivity index (χ3v) is 7.38. The van der Waals surface area contributed by atoms with Crippen molar-refractivity contribution in [3.8, 4) is 10.6 Å². The van der Waals surface area contributed by atoms with Gasteiger partial charge in [-0.15, -0.1) is 11.3 Å². The molecule has 10 heteroatoms. The predicted molar refractivity (Wildman–Crippen MR) is 139 cm³/mol. The van der Waals surface area contributed by atoms with Gasteiger partial charge < -0.3 is 15.5 Å². The average Bonchev–Trinajstić information content (AvgIpc) is 3.37. The van der Waals surface area contributed by atoms with Crippen LogP contribution >= 0.6 is 22.9 Å². The molecule has 2 aromatic heterocycles. The molecule has 4 aromatic rings. The van der Waals surface area contributed by atoms with Crippen molar-refractivity contribution in [1.29, 1.82) is 0 Å². The van der Waals surface area contributed by atoms with Crippen LogP contribution in [0.4, 0.5) is 20.3 Å². The fourth-order valence-electron chi connectivity index (χ4n) is 4.19. The molecule has 1 aliphatic rings. The van der Waals surface area contributed by atoms with Crippen molar-refractivity contribution in [3.05, 3.63) is 93.1 Å². The highest BCUT2D eigenvalue weighted by Crippen LogP contribution is 2.35. The zero-order valence-electron chi connectivity index (χ0n) is 19.3. The summed E-state index contributed by atoms with van der Waals surface area (Å²) in [6.45, 7) is 3.20. The second-order valence-electron chi connectivity index (χ2n) is 8.36. The Morgan fingerprint density at radius 3 is 2.78 bits per heavy atom. The number of pyridine rings is 1. The standard InChI is InChI=1S/C26H22ClF2N5OS/c1-15-18(25(35)32-11-17-14-36-26(33-17)16-5-3-2-4-6-16)12-31-24-23(15)34(10-9-30-24)13-19-20(28)7-8-21(29)22(19)27/h2-8,12,14H,9-11,13H2,1H3,(H,30,31)(H,32,35). The second kappa shape index (κ2) is 10.2. The Labute approximate surface area is 216 Å². The number of thiazole rings is 1. The van der Waals surface area contributed by atoms with E-state index in [0.717, 1.165) is 28.4 Å². The third-order valence-electron chi connectivity index (χ3n) is 6.03. The number of carbonyl (C=O) groups is 1. The van der Waals surface area contributed by atoms with Crippen LogP contribution in [-0.2, 0) is 13.1 Å². The number of carbonyl (C=O) groups excluding carboxylic acids is 1. The lowest BCUT2D eigenvalue weighted by molar-refractivity contribution is 0.0949. The summed E-state index contributed by atoms with van der Waals surface area (Å²) in [5, 5.41) is 8.68. The molecule has 5 rings (SSSR count). The second-order valence-corrected chi connectivity index (χ2v) is 9.59. The quantitative estimate of drug-likeness (QED) is 0.311. The molecule has 0 spiro atoms. The van der Waals surface area contributed by atoms with Crippen molar-refractivity contribution in [2.75, 3.05) is 23.3 Å². The van der Waals surface area contributed by atoms with E-state index in [2.05, 4.69) is 20.6 Å². The molecule has 0 fully saturated rings. The van der Waals surface area contributed by atoms with E-state index in [0.29, 0.717) is 35.7 Å². The lowest BCUT2D eigenvalue weighted by Gasteiger charge is -2.33. The van der Waals surface area contributed by atoms with E-state index in [-0.39, 0.29) is 29.6 Å². The minimum atomic E-state index is -0.677. The van der Waals surface area contributed by atoms with Gasteiger partial charge in [-0.1, -0.05) is 41.9 Å². The van der Waals surface area contributed by atoms with Crippen molar-refractivity contribution >= 4 is 40.4 Å². The number of anilines is 2. The minimum Gasteiger partial charge on any atom is -0.367 e. The third kappa shape index (κ3) is 4.76. The molecule has 0 atom stereocenters. The van der Waals surface area contributed by atoms with E-state index in [9.17, 15) is 13.6 Å². The Kier molecular flexibility index (Phi) is 6.84. The monoisotopic (exact) mass is 525 g/mol. The molecule has 1 aliphatic heterocycles. The van der Waals surface area contributed by atoms with Crippen molar-refractivity contribution in [3.63, 3.8) is 0 Å². The van der Waals surface area contributed by atoms with Gasteiger partial charge in [0, 0.05) is 42.3 Å². The number of rotatable bonds is 6. The van der Waals surface area contributed by atoms with Crippen LogP contribution in [0.25, 0.3) is 10.6 Å². The summed E-state index contributed by atoms with van der Waals surface area (Å²) >= 11 is 7.58. The van der Waals surface area contributed by atoms with Gasteiger partial charge in [0.15, 0.2) is 0 Å². The fraction of sp³-hybridized carbons (Fsp3) is 0.192. The Balaban J connectivity index is 1.35. The molecule has 3 heterocycles. The molecular formula is C26H22ClF2N5OS. The normalized spacial score (nSPS) is 12.7. The number of fused-ring (bicyclic) bond motifs is 1. The Hall–Kier alpha value is -3.56. The van der Waals surface area contributed by atoms with Crippen molar-refractivity contribution < 1.29 is 13.6 Å². The Bertz CT molecular complexity index is 1430. The summed E-state index contributed by atoms with van der Waals surface area (Å²) in [5.74, 6) is -0.976. The molecule has 1 amide bonds. The average molecular weight is 526 g/mol. The molecule has 0 saturated heterocycles. The van der Waals surface area contributed by atoms with E-state index in [1.807, 2.05) is 47.5 Å². The number of nitrogens with one attached hydrogen (secondary N) is 2. The summed E-state index contributed by atoms with van der Waals surface area (Å²) in [7, 11) is 0. The van der Waals surface area contributed by atoms with Crippen molar-refractivity contribution in [1.82, 2.24) is 15.3 Å². The van der Waals surface area contributed by atoms with Crippen LogP contribution in [0.1, 0.15) is 27.2 Å². The molecule has 0 saturated carbocycles. The summed E-state index contributed by atoms with van der Waals surface area (Å²) < 4.78 is 28.4. The highest BCUT2D eigenvalue weighted by atomic mass is 35.5. The van der Waals surface area contributed by atoms with Crippen molar-refractivity contribution in [2.24, 2.45) is 0 Å².